The molecule has 0 bridgehead atoms. The molecule has 0 saturated carbocycles. The summed E-state index contributed by atoms with van der Waals surface area (Å²) in [6.45, 7) is 2.87. The van der Waals surface area contributed by atoms with Gasteiger partial charge in [0.15, 0.2) is 0 Å². The number of piperidine rings is 1. The fourth-order valence-corrected chi connectivity index (χ4v) is 3.03. The Hall–Kier alpha value is -1.01. The van der Waals surface area contributed by atoms with Gasteiger partial charge in [0, 0.05) is 23.6 Å². The molecule has 0 spiro atoms. The highest BCUT2D eigenvalue weighted by Crippen LogP contribution is 2.26. The van der Waals surface area contributed by atoms with E-state index < -0.39 is 23.1 Å². The molecular formula is C14H17BrF2N2O. The summed E-state index contributed by atoms with van der Waals surface area (Å²) in [4.78, 5) is 13.9. The Balaban J connectivity index is 2.31. The van der Waals surface area contributed by atoms with Crippen LogP contribution in [0, 0.1) is 17.6 Å². The minimum absolute atomic E-state index is 0.159. The number of amides is 1. The summed E-state index contributed by atoms with van der Waals surface area (Å²) in [5, 5.41) is 0. The van der Waals surface area contributed by atoms with Gasteiger partial charge in [0.25, 0.3) is 5.91 Å². The van der Waals surface area contributed by atoms with Crippen LogP contribution in [0.3, 0.4) is 0 Å². The lowest BCUT2D eigenvalue weighted by Gasteiger charge is -2.38. The van der Waals surface area contributed by atoms with E-state index >= 15 is 0 Å². The minimum Gasteiger partial charge on any atom is -0.334 e. The van der Waals surface area contributed by atoms with Crippen LogP contribution in [0.15, 0.2) is 16.6 Å². The molecule has 1 fully saturated rings. The zero-order valence-electron chi connectivity index (χ0n) is 11.2. The van der Waals surface area contributed by atoms with Gasteiger partial charge in [-0.3, -0.25) is 4.79 Å². The molecule has 6 heteroatoms. The van der Waals surface area contributed by atoms with Crippen molar-refractivity contribution in [2.45, 2.75) is 25.8 Å². The Kier molecular flexibility index (Phi) is 4.75. The zero-order valence-corrected chi connectivity index (χ0v) is 12.8. The first kappa shape index (κ1) is 15.4. The number of benzene rings is 1. The van der Waals surface area contributed by atoms with Gasteiger partial charge in [-0.1, -0.05) is 22.9 Å². The molecule has 2 unspecified atom stereocenters. The highest BCUT2D eigenvalue weighted by Gasteiger charge is 2.32. The number of likely N-dealkylation sites (tertiary alicyclic amines) is 1. The molecule has 1 saturated heterocycles. The van der Waals surface area contributed by atoms with Crippen LogP contribution >= 0.6 is 15.9 Å². The standard InChI is InChI=1S/C14H17BrF2N2O/c1-8-2-3-19(10(4-8)7-18)14(20)13-11(16)5-9(15)6-12(13)17/h5-6,8,10H,2-4,7,18H2,1H3. The van der Waals surface area contributed by atoms with Crippen LogP contribution in [0.1, 0.15) is 30.1 Å². The Labute approximate surface area is 125 Å². The second-order valence-electron chi connectivity index (χ2n) is 5.26. The van der Waals surface area contributed by atoms with E-state index in [2.05, 4.69) is 22.9 Å². The van der Waals surface area contributed by atoms with Crippen molar-refractivity contribution in [3.8, 4) is 0 Å². The largest absolute Gasteiger partial charge is 0.334 e. The number of hydrogen-bond donors (Lipinski definition) is 1. The van der Waals surface area contributed by atoms with E-state index in [-0.39, 0.29) is 10.5 Å². The third kappa shape index (κ3) is 3.01. The number of halogens is 3. The maximum Gasteiger partial charge on any atom is 0.260 e. The molecule has 0 radical (unpaired) electrons. The van der Waals surface area contributed by atoms with Crippen LogP contribution in [0.25, 0.3) is 0 Å². The van der Waals surface area contributed by atoms with Crippen LogP contribution in [-0.2, 0) is 0 Å². The Morgan fingerprint density at radius 2 is 2.05 bits per heavy atom. The number of nitrogens with zero attached hydrogens (tertiary/aromatic N) is 1. The van der Waals surface area contributed by atoms with Crippen molar-refractivity contribution in [3.63, 3.8) is 0 Å². The van der Waals surface area contributed by atoms with E-state index in [1.54, 1.807) is 0 Å². The van der Waals surface area contributed by atoms with Crippen molar-refractivity contribution >= 4 is 21.8 Å². The van der Waals surface area contributed by atoms with Gasteiger partial charge in [0.1, 0.15) is 17.2 Å². The molecule has 20 heavy (non-hydrogen) atoms. The predicted molar refractivity (Wildman–Crippen MR) is 76.3 cm³/mol. The molecular weight excluding hydrogens is 330 g/mol. The third-order valence-electron chi connectivity index (χ3n) is 3.73. The van der Waals surface area contributed by atoms with Crippen LogP contribution in [0.4, 0.5) is 8.78 Å². The summed E-state index contributed by atoms with van der Waals surface area (Å²) in [6, 6.07) is 2.04. The van der Waals surface area contributed by atoms with Crippen molar-refractivity contribution in [1.82, 2.24) is 4.90 Å². The summed E-state index contributed by atoms with van der Waals surface area (Å²) >= 11 is 3.00. The van der Waals surface area contributed by atoms with Crippen molar-refractivity contribution in [1.29, 1.82) is 0 Å². The van der Waals surface area contributed by atoms with Gasteiger partial charge in [-0.15, -0.1) is 0 Å². The number of rotatable bonds is 2. The van der Waals surface area contributed by atoms with E-state index in [1.807, 2.05) is 0 Å². The Morgan fingerprint density at radius 3 is 2.60 bits per heavy atom. The van der Waals surface area contributed by atoms with Crippen molar-refractivity contribution in [2.24, 2.45) is 11.7 Å². The van der Waals surface area contributed by atoms with E-state index in [4.69, 9.17) is 5.73 Å². The van der Waals surface area contributed by atoms with E-state index in [0.29, 0.717) is 19.0 Å². The fourth-order valence-electron chi connectivity index (χ4n) is 2.63. The van der Waals surface area contributed by atoms with Gasteiger partial charge in [-0.25, -0.2) is 8.78 Å². The maximum atomic E-state index is 13.9. The molecule has 3 nitrogen and oxygen atoms in total. The molecule has 2 N–H and O–H groups in total. The van der Waals surface area contributed by atoms with Crippen molar-refractivity contribution < 1.29 is 13.6 Å². The molecule has 1 aromatic rings. The third-order valence-corrected chi connectivity index (χ3v) is 4.19. The Bertz CT molecular complexity index is 501. The average Bonchev–Trinajstić information content (AvgIpc) is 2.37. The normalized spacial score (nSPS) is 22.9. The number of nitrogens with two attached hydrogens (primary N) is 1. The number of hydrogen-bond acceptors (Lipinski definition) is 2. The smallest absolute Gasteiger partial charge is 0.260 e. The van der Waals surface area contributed by atoms with Gasteiger partial charge in [-0.05, 0) is 30.9 Å². The van der Waals surface area contributed by atoms with E-state index in [9.17, 15) is 13.6 Å². The molecule has 1 aliphatic heterocycles. The molecule has 1 aromatic carbocycles. The van der Waals surface area contributed by atoms with Crippen LogP contribution in [-0.4, -0.2) is 29.9 Å². The summed E-state index contributed by atoms with van der Waals surface area (Å²) < 4.78 is 28.0. The molecule has 2 atom stereocenters. The SMILES string of the molecule is CC1CCN(C(=O)c2c(F)cc(Br)cc2F)C(CN)C1. The second-order valence-corrected chi connectivity index (χ2v) is 6.18. The summed E-state index contributed by atoms with van der Waals surface area (Å²) in [6.07, 6.45) is 1.59. The first-order chi connectivity index (χ1) is 9.43. The molecule has 1 aliphatic rings. The van der Waals surface area contributed by atoms with Gasteiger partial charge in [0.2, 0.25) is 0 Å². The average molecular weight is 347 g/mol. The lowest BCUT2D eigenvalue weighted by atomic mass is 9.92. The summed E-state index contributed by atoms with van der Waals surface area (Å²) in [5.41, 5.74) is 5.18. The highest BCUT2D eigenvalue weighted by atomic mass is 79.9. The van der Waals surface area contributed by atoms with E-state index in [0.717, 1.165) is 25.0 Å². The second kappa shape index (κ2) is 6.18. The van der Waals surface area contributed by atoms with Gasteiger partial charge >= 0.3 is 0 Å². The first-order valence-corrected chi connectivity index (χ1v) is 7.39. The van der Waals surface area contributed by atoms with Crippen LogP contribution in [0.2, 0.25) is 0 Å². The zero-order chi connectivity index (χ0) is 14.9. The molecule has 1 heterocycles. The lowest BCUT2D eigenvalue weighted by molar-refractivity contribution is 0.0564. The number of carbonyl (C=O) groups excluding carboxylic acids is 1. The molecule has 110 valence electrons. The minimum atomic E-state index is -0.851. The van der Waals surface area contributed by atoms with Gasteiger partial charge in [0.05, 0.1) is 0 Å². The number of carbonyl (C=O) groups is 1. The molecule has 2 rings (SSSR count). The molecule has 0 aromatic heterocycles. The van der Waals surface area contributed by atoms with Crippen molar-refractivity contribution in [2.75, 3.05) is 13.1 Å². The van der Waals surface area contributed by atoms with E-state index in [1.165, 1.54) is 4.90 Å². The van der Waals surface area contributed by atoms with Gasteiger partial charge in [-0.2, -0.15) is 0 Å². The predicted octanol–water partition coefficient (Wildman–Crippen LogP) is 2.93. The van der Waals surface area contributed by atoms with Crippen molar-refractivity contribution in [3.05, 3.63) is 33.8 Å². The van der Waals surface area contributed by atoms with Crippen LogP contribution < -0.4 is 5.73 Å². The quantitative estimate of drug-likeness (QED) is 0.894. The Morgan fingerprint density at radius 1 is 1.45 bits per heavy atom. The highest BCUT2D eigenvalue weighted by molar-refractivity contribution is 9.10. The summed E-state index contributed by atoms with van der Waals surface area (Å²) in [7, 11) is 0. The first-order valence-electron chi connectivity index (χ1n) is 6.59. The summed E-state index contributed by atoms with van der Waals surface area (Å²) in [5.74, 6) is -1.85. The molecule has 0 aliphatic carbocycles. The fraction of sp³-hybridized carbons (Fsp3) is 0.500. The topological polar surface area (TPSA) is 46.3 Å². The molecule has 1 amide bonds. The van der Waals surface area contributed by atoms with Gasteiger partial charge < -0.3 is 10.6 Å². The maximum absolute atomic E-state index is 13.9. The monoisotopic (exact) mass is 346 g/mol. The lowest BCUT2D eigenvalue weighted by Crippen LogP contribution is -2.49. The van der Waals surface area contributed by atoms with Crippen LogP contribution in [0.5, 0.6) is 0 Å².